The van der Waals surface area contributed by atoms with Crippen LogP contribution in [0.4, 0.5) is 5.69 Å². The number of nitrogens with zero attached hydrogens (tertiary/aromatic N) is 1. The molecule has 0 heterocycles. The van der Waals surface area contributed by atoms with Crippen molar-refractivity contribution in [3.63, 3.8) is 0 Å². The second-order valence-corrected chi connectivity index (χ2v) is 9.27. The molecule has 0 aliphatic heterocycles. The van der Waals surface area contributed by atoms with Crippen molar-refractivity contribution in [2.45, 2.75) is 23.8 Å². The van der Waals surface area contributed by atoms with E-state index in [1.54, 1.807) is 12.1 Å². The van der Waals surface area contributed by atoms with Gasteiger partial charge in [-0.05, 0) is 55.3 Å². The molecule has 7 nitrogen and oxygen atoms in total. The van der Waals surface area contributed by atoms with Crippen molar-refractivity contribution in [2.24, 2.45) is 0 Å². The Morgan fingerprint density at radius 1 is 1.04 bits per heavy atom. The molecule has 9 heteroatoms. The third-order valence-corrected chi connectivity index (χ3v) is 6.42. The Morgan fingerprint density at radius 3 is 2.21 bits per heavy atom. The predicted molar refractivity (Wildman–Crippen MR) is 107 cm³/mol. The Kier molecular flexibility index (Phi) is 5.74. The Morgan fingerprint density at radius 2 is 1.68 bits per heavy atom. The molecule has 2 N–H and O–H groups in total. The number of benzene rings is 2. The summed E-state index contributed by atoms with van der Waals surface area (Å²) in [5.41, 5.74) is 1.08. The van der Waals surface area contributed by atoms with Crippen LogP contribution in [0.5, 0.6) is 0 Å². The second-order valence-electron chi connectivity index (χ2n) is 6.71. The van der Waals surface area contributed by atoms with Crippen molar-refractivity contribution in [2.75, 3.05) is 19.4 Å². The van der Waals surface area contributed by atoms with Crippen LogP contribution in [0, 0.1) is 0 Å². The molecule has 2 amide bonds. The monoisotopic (exact) mass is 421 g/mol. The van der Waals surface area contributed by atoms with E-state index in [4.69, 9.17) is 11.6 Å². The fourth-order valence-electron chi connectivity index (χ4n) is 2.46. The first-order chi connectivity index (χ1) is 13.2. The average Bonchev–Trinajstić information content (AvgIpc) is 3.45. The zero-order valence-electron chi connectivity index (χ0n) is 15.4. The standard InChI is InChI=1S/C19H20ClN3O4S/c1-23(2)28(26,27)15-8-3-12(4-9-15)18(24)22-14-7-10-16(17(20)11-14)19(25)21-13-5-6-13/h3-4,7-11,13H,5-6H2,1-2H3,(H,21,25)(H,22,24). The maximum atomic E-state index is 12.4. The van der Waals surface area contributed by atoms with Crippen LogP contribution in [0.15, 0.2) is 47.4 Å². The number of amides is 2. The van der Waals surface area contributed by atoms with Crippen molar-refractivity contribution in [1.82, 2.24) is 9.62 Å². The molecule has 3 rings (SSSR count). The highest BCUT2D eigenvalue weighted by Gasteiger charge is 2.24. The van der Waals surface area contributed by atoms with Crippen LogP contribution < -0.4 is 10.6 Å². The minimum atomic E-state index is -3.55. The zero-order chi connectivity index (χ0) is 20.5. The first kappa shape index (κ1) is 20.3. The van der Waals surface area contributed by atoms with E-state index in [0.717, 1.165) is 17.1 Å². The fraction of sp³-hybridized carbons (Fsp3) is 0.263. The molecule has 1 aliphatic carbocycles. The van der Waals surface area contributed by atoms with E-state index in [-0.39, 0.29) is 21.9 Å². The number of carbonyl (C=O) groups excluding carboxylic acids is 2. The van der Waals surface area contributed by atoms with E-state index >= 15 is 0 Å². The molecule has 1 saturated carbocycles. The summed E-state index contributed by atoms with van der Waals surface area (Å²) in [6.45, 7) is 0. The van der Waals surface area contributed by atoms with Crippen molar-refractivity contribution in [3.8, 4) is 0 Å². The van der Waals surface area contributed by atoms with Crippen LogP contribution in [0.2, 0.25) is 5.02 Å². The van der Waals surface area contributed by atoms with Gasteiger partial charge in [0.2, 0.25) is 10.0 Å². The van der Waals surface area contributed by atoms with Crippen molar-refractivity contribution >= 4 is 39.1 Å². The number of rotatable bonds is 6. The number of halogens is 1. The molecule has 0 unspecified atom stereocenters. The quantitative estimate of drug-likeness (QED) is 0.749. The van der Waals surface area contributed by atoms with Gasteiger partial charge in [0.05, 0.1) is 15.5 Å². The summed E-state index contributed by atoms with van der Waals surface area (Å²) in [6.07, 6.45) is 1.96. The Balaban J connectivity index is 1.70. The number of nitrogens with one attached hydrogen (secondary N) is 2. The summed E-state index contributed by atoms with van der Waals surface area (Å²) in [5, 5.41) is 5.78. The molecule has 1 fully saturated rings. The molecular formula is C19H20ClN3O4S. The average molecular weight is 422 g/mol. The maximum Gasteiger partial charge on any atom is 0.255 e. The van der Waals surface area contributed by atoms with Gasteiger partial charge < -0.3 is 10.6 Å². The topological polar surface area (TPSA) is 95.6 Å². The van der Waals surface area contributed by atoms with Crippen LogP contribution in [-0.2, 0) is 10.0 Å². The summed E-state index contributed by atoms with van der Waals surface area (Å²) in [5.74, 6) is -0.650. The summed E-state index contributed by atoms with van der Waals surface area (Å²) in [6, 6.07) is 10.5. The van der Waals surface area contributed by atoms with Crippen molar-refractivity contribution in [3.05, 3.63) is 58.6 Å². The number of carbonyl (C=O) groups is 2. The van der Waals surface area contributed by atoms with Gasteiger partial charge in [0.25, 0.3) is 11.8 Å². The van der Waals surface area contributed by atoms with Gasteiger partial charge in [0.1, 0.15) is 0 Å². The van der Waals surface area contributed by atoms with Crippen LogP contribution in [0.1, 0.15) is 33.6 Å². The highest BCUT2D eigenvalue weighted by molar-refractivity contribution is 7.89. The summed E-state index contributed by atoms with van der Waals surface area (Å²) in [7, 11) is -0.677. The van der Waals surface area contributed by atoms with Gasteiger partial charge in [0, 0.05) is 31.4 Å². The maximum absolute atomic E-state index is 12.4. The van der Waals surface area contributed by atoms with Gasteiger partial charge in [-0.2, -0.15) is 0 Å². The van der Waals surface area contributed by atoms with Gasteiger partial charge in [0.15, 0.2) is 0 Å². The molecule has 148 valence electrons. The molecule has 2 aromatic rings. The van der Waals surface area contributed by atoms with Crippen LogP contribution in [-0.4, -0.2) is 44.7 Å². The molecule has 0 radical (unpaired) electrons. The van der Waals surface area contributed by atoms with E-state index in [0.29, 0.717) is 16.8 Å². The third kappa shape index (κ3) is 4.52. The van der Waals surface area contributed by atoms with E-state index in [1.807, 2.05) is 0 Å². The lowest BCUT2D eigenvalue weighted by atomic mass is 10.1. The molecular weight excluding hydrogens is 402 g/mol. The van der Waals surface area contributed by atoms with E-state index in [9.17, 15) is 18.0 Å². The highest BCUT2D eigenvalue weighted by atomic mass is 35.5. The molecule has 0 atom stereocenters. The fourth-order valence-corrected chi connectivity index (χ4v) is 3.63. The summed E-state index contributed by atoms with van der Waals surface area (Å²) < 4.78 is 25.3. The summed E-state index contributed by atoms with van der Waals surface area (Å²) in [4.78, 5) is 24.6. The lowest BCUT2D eigenvalue weighted by Crippen LogP contribution is -2.25. The molecule has 0 aromatic heterocycles. The van der Waals surface area contributed by atoms with Crippen LogP contribution in [0.3, 0.4) is 0 Å². The second kappa shape index (κ2) is 7.90. The lowest BCUT2D eigenvalue weighted by Gasteiger charge is -2.12. The van der Waals surface area contributed by atoms with E-state index in [1.165, 1.54) is 44.4 Å². The van der Waals surface area contributed by atoms with Crippen molar-refractivity contribution < 1.29 is 18.0 Å². The first-order valence-corrected chi connectivity index (χ1v) is 10.4. The molecule has 28 heavy (non-hydrogen) atoms. The summed E-state index contributed by atoms with van der Waals surface area (Å²) >= 11 is 6.17. The van der Waals surface area contributed by atoms with E-state index < -0.39 is 15.9 Å². The van der Waals surface area contributed by atoms with Crippen LogP contribution >= 0.6 is 11.6 Å². The minimum absolute atomic E-state index is 0.100. The van der Waals surface area contributed by atoms with Crippen molar-refractivity contribution in [1.29, 1.82) is 0 Å². The van der Waals surface area contributed by atoms with Gasteiger partial charge >= 0.3 is 0 Å². The number of hydrogen-bond donors (Lipinski definition) is 2. The normalized spacial score (nSPS) is 14.0. The largest absolute Gasteiger partial charge is 0.349 e. The molecule has 0 spiro atoms. The first-order valence-electron chi connectivity index (χ1n) is 8.63. The Bertz CT molecular complexity index is 1020. The van der Waals surface area contributed by atoms with Gasteiger partial charge in [-0.3, -0.25) is 9.59 Å². The highest BCUT2D eigenvalue weighted by Crippen LogP contribution is 2.24. The predicted octanol–water partition coefficient (Wildman–Crippen LogP) is 2.73. The molecule has 2 aromatic carbocycles. The Labute approximate surface area is 168 Å². The molecule has 0 saturated heterocycles. The van der Waals surface area contributed by atoms with Gasteiger partial charge in [-0.25, -0.2) is 12.7 Å². The number of anilines is 1. The number of sulfonamides is 1. The minimum Gasteiger partial charge on any atom is -0.349 e. The third-order valence-electron chi connectivity index (χ3n) is 4.28. The van der Waals surface area contributed by atoms with E-state index in [2.05, 4.69) is 10.6 Å². The zero-order valence-corrected chi connectivity index (χ0v) is 17.0. The molecule has 0 bridgehead atoms. The van der Waals surface area contributed by atoms with Gasteiger partial charge in [-0.15, -0.1) is 0 Å². The lowest BCUT2D eigenvalue weighted by molar-refractivity contribution is 0.0950. The Hall–Kier alpha value is -2.42. The van der Waals surface area contributed by atoms with Gasteiger partial charge in [-0.1, -0.05) is 11.6 Å². The molecule has 1 aliphatic rings. The smallest absolute Gasteiger partial charge is 0.255 e. The SMILES string of the molecule is CN(C)S(=O)(=O)c1ccc(C(=O)Nc2ccc(C(=O)NC3CC3)c(Cl)c2)cc1. The number of hydrogen-bond acceptors (Lipinski definition) is 4. The van der Waals surface area contributed by atoms with Crippen LogP contribution in [0.25, 0.3) is 0 Å².